The highest BCUT2D eigenvalue weighted by atomic mass is 31.2. The smallest absolute Gasteiger partial charge is 0.320 e. The molecule has 7 nitrogen and oxygen atoms in total. The third-order valence-electron chi connectivity index (χ3n) is 3.73. The zero-order chi connectivity index (χ0) is 14.5. The van der Waals surface area contributed by atoms with Crippen LogP contribution in [0.3, 0.4) is 0 Å². The van der Waals surface area contributed by atoms with Crippen LogP contribution in [0.1, 0.15) is 19.3 Å². The molecular weight excluding hydrogens is 271 g/mol. The van der Waals surface area contributed by atoms with Gasteiger partial charge in [0.2, 0.25) is 7.37 Å². The first-order valence-electron chi connectivity index (χ1n) is 6.48. The van der Waals surface area contributed by atoms with Gasteiger partial charge in [0, 0.05) is 25.8 Å². The summed E-state index contributed by atoms with van der Waals surface area (Å²) in [6, 6.07) is 0. The van der Waals surface area contributed by atoms with E-state index in [0.717, 1.165) is 0 Å². The van der Waals surface area contributed by atoms with Gasteiger partial charge in [-0.3, -0.25) is 14.3 Å². The fourth-order valence-electron chi connectivity index (χ4n) is 2.52. The second-order valence-electron chi connectivity index (χ2n) is 5.01. The number of aliphatic hydroxyl groups is 1. The quantitative estimate of drug-likeness (QED) is 0.369. The molecule has 1 heterocycles. The molecule has 0 aliphatic carbocycles. The summed E-state index contributed by atoms with van der Waals surface area (Å²) in [7, 11) is -3.75. The molecule has 112 valence electrons. The summed E-state index contributed by atoms with van der Waals surface area (Å²) in [6.45, 7) is 1.04. The van der Waals surface area contributed by atoms with E-state index >= 15 is 0 Å². The van der Waals surface area contributed by atoms with Crippen molar-refractivity contribution in [3.8, 4) is 0 Å². The van der Waals surface area contributed by atoms with E-state index in [0.29, 0.717) is 32.5 Å². The van der Waals surface area contributed by atoms with Gasteiger partial charge in [-0.15, -0.1) is 0 Å². The minimum atomic E-state index is -3.75. The average Bonchev–Trinajstić information content (AvgIpc) is 2.33. The van der Waals surface area contributed by atoms with Gasteiger partial charge in [-0.2, -0.15) is 0 Å². The first-order chi connectivity index (χ1) is 8.89. The van der Waals surface area contributed by atoms with E-state index in [4.69, 9.17) is 10.8 Å². The number of aliphatic hydroxyl groups excluding tert-OH is 1. The zero-order valence-electron chi connectivity index (χ0n) is 11.0. The van der Waals surface area contributed by atoms with Crippen LogP contribution in [-0.2, 0) is 9.36 Å². The molecule has 0 aromatic rings. The monoisotopic (exact) mass is 294 g/mol. The highest BCUT2D eigenvalue weighted by molar-refractivity contribution is 7.61. The van der Waals surface area contributed by atoms with Crippen LogP contribution in [0.25, 0.3) is 0 Å². The van der Waals surface area contributed by atoms with E-state index in [1.165, 1.54) is 0 Å². The van der Waals surface area contributed by atoms with Gasteiger partial charge in [-0.05, 0) is 19.4 Å². The number of carboxylic acid groups (broad SMARTS) is 1. The Kier molecular flexibility index (Phi) is 5.95. The summed E-state index contributed by atoms with van der Waals surface area (Å²) in [5, 5.41) is 16.8. The van der Waals surface area contributed by atoms with Crippen molar-refractivity contribution < 1.29 is 24.5 Å². The van der Waals surface area contributed by atoms with Crippen LogP contribution in [0.4, 0.5) is 0 Å². The highest BCUT2D eigenvalue weighted by Gasteiger charge is 2.56. The second-order valence-corrected chi connectivity index (χ2v) is 7.71. The maximum Gasteiger partial charge on any atom is 0.320 e. The molecule has 5 N–H and O–H groups in total. The van der Waals surface area contributed by atoms with Crippen molar-refractivity contribution in [3.05, 3.63) is 0 Å². The van der Waals surface area contributed by atoms with Gasteiger partial charge < -0.3 is 20.8 Å². The lowest BCUT2D eigenvalue weighted by molar-refractivity contribution is -0.141. The van der Waals surface area contributed by atoms with E-state index in [1.54, 1.807) is 4.90 Å². The van der Waals surface area contributed by atoms with Crippen LogP contribution >= 0.6 is 7.37 Å². The number of carboxylic acids is 1. The molecule has 0 saturated carbocycles. The lowest BCUT2D eigenvalue weighted by atomic mass is 9.99. The Morgan fingerprint density at radius 3 is 2.63 bits per heavy atom. The minimum absolute atomic E-state index is 0.0151. The van der Waals surface area contributed by atoms with E-state index in [-0.39, 0.29) is 25.7 Å². The largest absolute Gasteiger partial charge is 0.480 e. The number of hydrogen-bond acceptors (Lipinski definition) is 5. The van der Waals surface area contributed by atoms with Crippen molar-refractivity contribution in [3.63, 3.8) is 0 Å². The predicted octanol–water partition coefficient (Wildman–Crippen LogP) is -0.483. The molecule has 1 saturated heterocycles. The molecule has 0 amide bonds. The SMILES string of the molecule is NCCCCC1(C(=O)O)CN(CCO)CCP1(=O)O. The Bertz CT molecular complexity index is 365. The number of aliphatic carboxylic acids is 1. The van der Waals surface area contributed by atoms with Crippen molar-refractivity contribution in [2.75, 3.05) is 38.9 Å². The summed E-state index contributed by atoms with van der Waals surface area (Å²) in [6.07, 6.45) is 1.26. The molecule has 0 bridgehead atoms. The summed E-state index contributed by atoms with van der Waals surface area (Å²) < 4.78 is 12.3. The van der Waals surface area contributed by atoms with E-state index in [9.17, 15) is 19.4 Å². The first-order valence-corrected chi connectivity index (χ1v) is 8.33. The Morgan fingerprint density at radius 2 is 2.11 bits per heavy atom. The molecular formula is C11H23N2O5P. The molecule has 0 spiro atoms. The van der Waals surface area contributed by atoms with E-state index in [2.05, 4.69) is 0 Å². The number of unbranched alkanes of at least 4 members (excludes halogenated alkanes) is 1. The fourth-order valence-corrected chi connectivity index (χ4v) is 4.73. The number of nitrogens with two attached hydrogens (primary N) is 1. The Hall–Kier alpha value is -0.460. The molecule has 2 atom stereocenters. The van der Waals surface area contributed by atoms with Crippen LogP contribution in [0.15, 0.2) is 0 Å². The van der Waals surface area contributed by atoms with Gasteiger partial charge in [0.1, 0.15) is 0 Å². The Balaban J connectivity index is 2.93. The summed E-state index contributed by atoms with van der Waals surface area (Å²) >= 11 is 0. The second kappa shape index (κ2) is 6.81. The zero-order valence-corrected chi connectivity index (χ0v) is 11.9. The van der Waals surface area contributed by atoms with Gasteiger partial charge in [-0.25, -0.2) is 0 Å². The molecule has 1 fully saturated rings. The number of hydrogen-bond donors (Lipinski definition) is 4. The van der Waals surface area contributed by atoms with Crippen molar-refractivity contribution in [2.45, 2.75) is 24.4 Å². The van der Waals surface area contributed by atoms with Gasteiger partial charge in [0.05, 0.1) is 6.61 Å². The minimum Gasteiger partial charge on any atom is -0.480 e. The Morgan fingerprint density at radius 1 is 1.42 bits per heavy atom. The third kappa shape index (κ3) is 3.55. The summed E-state index contributed by atoms with van der Waals surface area (Å²) in [5.74, 6) is -1.22. The van der Waals surface area contributed by atoms with Crippen molar-refractivity contribution in [1.82, 2.24) is 4.90 Å². The summed E-state index contributed by atoms with van der Waals surface area (Å²) in [4.78, 5) is 23.4. The van der Waals surface area contributed by atoms with Crippen LogP contribution in [0, 0.1) is 0 Å². The molecule has 0 aromatic heterocycles. The number of β-amino-alcohol motifs (C(OH)–C–C–N with tert-alkyl or cyclic N) is 1. The predicted molar refractivity (Wildman–Crippen MR) is 71.5 cm³/mol. The van der Waals surface area contributed by atoms with E-state index < -0.39 is 18.5 Å². The fraction of sp³-hybridized carbons (Fsp3) is 0.909. The van der Waals surface area contributed by atoms with Gasteiger partial charge >= 0.3 is 5.97 Å². The Labute approximate surface area is 112 Å². The molecule has 8 heteroatoms. The lowest BCUT2D eigenvalue weighted by Crippen LogP contribution is -2.54. The molecule has 0 radical (unpaired) electrons. The van der Waals surface area contributed by atoms with Gasteiger partial charge in [-0.1, -0.05) is 6.42 Å². The third-order valence-corrected chi connectivity index (χ3v) is 6.43. The maximum atomic E-state index is 12.3. The highest BCUT2D eigenvalue weighted by Crippen LogP contribution is 2.59. The molecule has 2 unspecified atom stereocenters. The van der Waals surface area contributed by atoms with Crippen molar-refractivity contribution >= 4 is 13.3 Å². The first kappa shape index (κ1) is 16.6. The van der Waals surface area contributed by atoms with Crippen LogP contribution in [-0.4, -0.2) is 70.1 Å². The average molecular weight is 294 g/mol. The number of rotatable bonds is 7. The molecule has 1 aliphatic heterocycles. The van der Waals surface area contributed by atoms with Crippen LogP contribution < -0.4 is 5.73 Å². The van der Waals surface area contributed by atoms with Crippen molar-refractivity contribution in [1.29, 1.82) is 0 Å². The normalized spacial score (nSPS) is 32.4. The lowest BCUT2D eigenvalue weighted by Gasteiger charge is -2.42. The molecule has 19 heavy (non-hydrogen) atoms. The number of nitrogens with zero attached hydrogens (tertiary/aromatic N) is 1. The van der Waals surface area contributed by atoms with Crippen LogP contribution in [0.5, 0.6) is 0 Å². The molecule has 0 aromatic carbocycles. The summed E-state index contributed by atoms with van der Waals surface area (Å²) in [5.41, 5.74) is 5.38. The standard InChI is InChI=1S/C11H23N2O5P/c12-4-2-1-3-11(10(15)16)9-13(5-7-14)6-8-19(11,17)18/h14H,1-9,12H2,(H,15,16)(H,17,18). The van der Waals surface area contributed by atoms with Crippen molar-refractivity contribution in [2.24, 2.45) is 5.73 Å². The number of carbonyl (C=O) groups is 1. The van der Waals surface area contributed by atoms with Gasteiger partial charge in [0.15, 0.2) is 5.16 Å². The van der Waals surface area contributed by atoms with Gasteiger partial charge in [0.25, 0.3) is 0 Å². The topological polar surface area (TPSA) is 124 Å². The maximum absolute atomic E-state index is 12.3. The molecule has 1 rings (SSSR count). The van der Waals surface area contributed by atoms with Crippen LogP contribution in [0.2, 0.25) is 0 Å². The molecule has 1 aliphatic rings. The van der Waals surface area contributed by atoms with E-state index in [1.807, 2.05) is 0 Å².